The van der Waals surface area contributed by atoms with Gasteiger partial charge in [0.05, 0.1) is 12.2 Å². The minimum Gasteiger partial charge on any atom is -0.309 e. The number of carbonyl (C=O) groups excluding carboxylic acids is 1. The van der Waals surface area contributed by atoms with E-state index in [-0.39, 0.29) is 11.9 Å². The van der Waals surface area contributed by atoms with Crippen molar-refractivity contribution in [1.29, 1.82) is 0 Å². The van der Waals surface area contributed by atoms with E-state index in [1.807, 2.05) is 6.92 Å². The molecular weight excluding hydrogens is 224 g/mol. The third kappa shape index (κ3) is 2.56. The third-order valence-corrected chi connectivity index (χ3v) is 3.65. The van der Waals surface area contributed by atoms with E-state index in [0.717, 1.165) is 35.9 Å². The van der Waals surface area contributed by atoms with E-state index >= 15 is 0 Å². The van der Waals surface area contributed by atoms with Gasteiger partial charge in [0.1, 0.15) is 5.82 Å². The number of amides is 1. The van der Waals surface area contributed by atoms with Crippen molar-refractivity contribution in [2.24, 2.45) is 0 Å². The molecule has 88 valence electrons. The molecule has 1 saturated heterocycles. The molecule has 1 aromatic rings. The predicted molar refractivity (Wildman–Crippen MR) is 65.7 cm³/mol. The first-order valence-electron chi connectivity index (χ1n) is 5.45. The SMILES string of the molecule is CCc1cn[nH]c1NC(=O)C1CSCCN1. The lowest BCUT2D eigenvalue weighted by molar-refractivity contribution is -0.117. The highest BCUT2D eigenvalue weighted by molar-refractivity contribution is 7.99. The maximum atomic E-state index is 11.9. The maximum absolute atomic E-state index is 11.9. The zero-order chi connectivity index (χ0) is 11.4. The highest BCUT2D eigenvalue weighted by atomic mass is 32.2. The van der Waals surface area contributed by atoms with Crippen LogP contribution in [0.1, 0.15) is 12.5 Å². The van der Waals surface area contributed by atoms with Crippen LogP contribution < -0.4 is 10.6 Å². The van der Waals surface area contributed by atoms with Gasteiger partial charge in [0.15, 0.2) is 0 Å². The highest BCUT2D eigenvalue weighted by Gasteiger charge is 2.21. The summed E-state index contributed by atoms with van der Waals surface area (Å²) in [6, 6.07) is -0.0910. The van der Waals surface area contributed by atoms with Gasteiger partial charge in [0.2, 0.25) is 5.91 Å². The fourth-order valence-corrected chi connectivity index (χ4v) is 2.57. The van der Waals surface area contributed by atoms with Crippen molar-refractivity contribution >= 4 is 23.5 Å². The fraction of sp³-hybridized carbons (Fsp3) is 0.600. The van der Waals surface area contributed by atoms with Gasteiger partial charge in [-0.2, -0.15) is 16.9 Å². The van der Waals surface area contributed by atoms with E-state index in [0.29, 0.717) is 0 Å². The van der Waals surface area contributed by atoms with Crippen LogP contribution in [-0.2, 0) is 11.2 Å². The van der Waals surface area contributed by atoms with Crippen molar-refractivity contribution in [3.05, 3.63) is 11.8 Å². The van der Waals surface area contributed by atoms with Gasteiger partial charge in [0, 0.05) is 23.6 Å². The Labute approximate surface area is 98.8 Å². The topological polar surface area (TPSA) is 69.8 Å². The summed E-state index contributed by atoms with van der Waals surface area (Å²) in [6.45, 7) is 2.93. The van der Waals surface area contributed by atoms with E-state index in [2.05, 4.69) is 20.8 Å². The monoisotopic (exact) mass is 240 g/mol. The number of aryl methyl sites for hydroxylation is 1. The number of thioether (sulfide) groups is 1. The minimum absolute atomic E-state index is 0.0196. The molecule has 0 aromatic carbocycles. The molecule has 1 aromatic heterocycles. The van der Waals surface area contributed by atoms with Gasteiger partial charge in [0.25, 0.3) is 0 Å². The van der Waals surface area contributed by atoms with Crippen LogP contribution in [0.15, 0.2) is 6.20 Å². The summed E-state index contributed by atoms with van der Waals surface area (Å²) in [5, 5.41) is 12.8. The molecule has 1 amide bonds. The Hall–Kier alpha value is -1.01. The van der Waals surface area contributed by atoms with Crippen molar-refractivity contribution in [1.82, 2.24) is 15.5 Å². The molecule has 1 fully saturated rings. The molecule has 2 heterocycles. The number of hydrogen-bond donors (Lipinski definition) is 3. The normalized spacial score (nSPS) is 20.7. The summed E-state index contributed by atoms with van der Waals surface area (Å²) in [5.41, 5.74) is 1.04. The summed E-state index contributed by atoms with van der Waals surface area (Å²) in [5.74, 6) is 2.66. The van der Waals surface area contributed by atoms with Crippen LogP contribution in [-0.4, -0.2) is 40.2 Å². The van der Waals surface area contributed by atoms with Gasteiger partial charge in [-0.1, -0.05) is 6.92 Å². The average molecular weight is 240 g/mol. The number of aromatic amines is 1. The Morgan fingerprint density at radius 3 is 3.31 bits per heavy atom. The third-order valence-electron chi connectivity index (χ3n) is 2.59. The average Bonchev–Trinajstić information content (AvgIpc) is 2.77. The number of carbonyl (C=O) groups is 1. The lowest BCUT2D eigenvalue weighted by atomic mass is 10.2. The van der Waals surface area contributed by atoms with Gasteiger partial charge < -0.3 is 10.6 Å². The van der Waals surface area contributed by atoms with Crippen LogP contribution in [0.2, 0.25) is 0 Å². The molecule has 1 aliphatic rings. The molecule has 3 N–H and O–H groups in total. The maximum Gasteiger partial charge on any atom is 0.243 e. The van der Waals surface area contributed by atoms with E-state index in [4.69, 9.17) is 0 Å². The molecule has 1 unspecified atom stereocenters. The summed E-state index contributed by atoms with van der Waals surface area (Å²) in [6.07, 6.45) is 2.61. The van der Waals surface area contributed by atoms with Crippen molar-refractivity contribution in [3.8, 4) is 0 Å². The standard InChI is InChI=1S/C10H16N4OS/c1-2-7-5-12-14-9(7)13-10(15)8-6-16-4-3-11-8/h5,8,11H,2-4,6H2,1H3,(H2,12,13,14,15). The first-order chi connectivity index (χ1) is 7.81. The molecule has 16 heavy (non-hydrogen) atoms. The minimum atomic E-state index is -0.0910. The Balaban J connectivity index is 1.95. The van der Waals surface area contributed by atoms with Crippen LogP contribution in [0.4, 0.5) is 5.82 Å². The number of nitrogens with one attached hydrogen (secondary N) is 3. The predicted octanol–water partition coefficient (Wildman–Crippen LogP) is 0.616. The molecule has 5 nitrogen and oxygen atoms in total. The Kier molecular flexibility index (Phi) is 3.84. The second-order valence-corrected chi connectivity index (χ2v) is 4.84. The van der Waals surface area contributed by atoms with Crippen LogP contribution in [0.5, 0.6) is 0 Å². The quantitative estimate of drug-likeness (QED) is 0.724. The van der Waals surface area contributed by atoms with Gasteiger partial charge in [-0.15, -0.1) is 0 Å². The molecule has 0 spiro atoms. The van der Waals surface area contributed by atoms with Crippen LogP contribution in [0.3, 0.4) is 0 Å². The van der Waals surface area contributed by atoms with Crippen LogP contribution >= 0.6 is 11.8 Å². The molecular formula is C10H16N4OS. The number of rotatable bonds is 3. The molecule has 0 radical (unpaired) electrons. The van der Waals surface area contributed by atoms with Crippen LogP contribution in [0.25, 0.3) is 0 Å². The van der Waals surface area contributed by atoms with Crippen molar-refractivity contribution in [3.63, 3.8) is 0 Å². The number of nitrogens with zero attached hydrogens (tertiary/aromatic N) is 1. The number of aromatic nitrogens is 2. The zero-order valence-corrected chi connectivity index (χ0v) is 10.1. The van der Waals surface area contributed by atoms with E-state index in [1.165, 1.54) is 0 Å². The van der Waals surface area contributed by atoms with Gasteiger partial charge >= 0.3 is 0 Å². The molecule has 1 atom stereocenters. The second-order valence-electron chi connectivity index (χ2n) is 3.69. The van der Waals surface area contributed by atoms with Crippen molar-refractivity contribution in [2.45, 2.75) is 19.4 Å². The molecule has 0 bridgehead atoms. The molecule has 1 aliphatic heterocycles. The first kappa shape index (κ1) is 11.5. The van der Waals surface area contributed by atoms with Crippen LogP contribution in [0, 0.1) is 0 Å². The van der Waals surface area contributed by atoms with Crippen molar-refractivity contribution in [2.75, 3.05) is 23.4 Å². The molecule has 6 heteroatoms. The van der Waals surface area contributed by atoms with Gasteiger partial charge in [-0.05, 0) is 6.42 Å². The Morgan fingerprint density at radius 2 is 2.62 bits per heavy atom. The van der Waals surface area contributed by atoms with E-state index in [1.54, 1.807) is 18.0 Å². The summed E-state index contributed by atoms with van der Waals surface area (Å²) in [4.78, 5) is 11.9. The Morgan fingerprint density at radius 1 is 1.75 bits per heavy atom. The van der Waals surface area contributed by atoms with Gasteiger partial charge in [-0.3, -0.25) is 9.89 Å². The molecule has 0 saturated carbocycles. The number of hydrogen-bond acceptors (Lipinski definition) is 4. The Bertz CT molecular complexity index is 359. The fourth-order valence-electron chi connectivity index (χ4n) is 1.63. The summed E-state index contributed by atoms with van der Waals surface area (Å²) < 4.78 is 0. The second kappa shape index (κ2) is 5.36. The zero-order valence-electron chi connectivity index (χ0n) is 9.25. The number of anilines is 1. The summed E-state index contributed by atoms with van der Waals surface area (Å²) in [7, 11) is 0. The summed E-state index contributed by atoms with van der Waals surface area (Å²) >= 11 is 1.80. The van der Waals surface area contributed by atoms with E-state index in [9.17, 15) is 4.79 Å². The van der Waals surface area contributed by atoms with E-state index < -0.39 is 0 Å². The smallest absolute Gasteiger partial charge is 0.243 e. The number of H-pyrrole nitrogens is 1. The van der Waals surface area contributed by atoms with Gasteiger partial charge in [-0.25, -0.2) is 0 Å². The lowest BCUT2D eigenvalue weighted by Gasteiger charge is -2.22. The molecule has 0 aliphatic carbocycles. The molecule has 2 rings (SSSR count). The lowest BCUT2D eigenvalue weighted by Crippen LogP contribution is -2.46. The highest BCUT2D eigenvalue weighted by Crippen LogP contribution is 2.13. The van der Waals surface area contributed by atoms with Crippen molar-refractivity contribution < 1.29 is 4.79 Å². The first-order valence-corrected chi connectivity index (χ1v) is 6.61. The largest absolute Gasteiger partial charge is 0.309 e.